The molecule has 0 fully saturated rings. The molecule has 2 aromatic heterocycles. The van der Waals surface area contributed by atoms with Gasteiger partial charge in [0.2, 0.25) is 0 Å². The molecule has 68 heavy (non-hydrogen) atoms. The first kappa shape index (κ1) is 40.7. The summed E-state index contributed by atoms with van der Waals surface area (Å²) in [5.41, 5.74) is 14.7. The Kier molecular flexibility index (Phi) is 11.4. The van der Waals surface area contributed by atoms with Gasteiger partial charge in [-0.3, -0.25) is 9.55 Å². The van der Waals surface area contributed by atoms with Gasteiger partial charge in [0.1, 0.15) is 11.6 Å². The Morgan fingerprint density at radius 1 is 0.632 bits per heavy atom. The number of aromatic nitrogens is 3. The number of hydrogen-bond donors (Lipinski definition) is 1. The largest absolute Gasteiger partial charge is 0.507 e. The van der Waals surface area contributed by atoms with E-state index >= 15 is 0 Å². The summed E-state index contributed by atoms with van der Waals surface area (Å²) in [6, 6.07) is 51.1. The number of fused-ring (bicyclic) bond motifs is 1. The van der Waals surface area contributed by atoms with Crippen molar-refractivity contribution in [3.8, 4) is 78.6 Å². The van der Waals surface area contributed by atoms with E-state index in [-0.39, 0.29) is 54.7 Å². The van der Waals surface area contributed by atoms with Crippen LogP contribution in [0.1, 0.15) is 110 Å². The Labute approximate surface area is 426 Å². The molecule has 346 valence electrons. The van der Waals surface area contributed by atoms with E-state index in [0.717, 1.165) is 61.2 Å². The first-order valence-corrected chi connectivity index (χ1v) is 23.3. The fraction of sp³-hybridized carbons (Fsp3) is 0.238. The number of para-hydroxylation sites is 1. The minimum absolute atomic E-state index is 0. The van der Waals surface area contributed by atoms with Crippen LogP contribution < -0.4 is 0 Å². The predicted molar refractivity (Wildman–Crippen MR) is 282 cm³/mol. The molecule has 0 amide bonds. The van der Waals surface area contributed by atoms with Gasteiger partial charge in [0, 0.05) is 41.2 Å². The van der Waals surface area contributed by atoms with Gasteiger partial charge in [-0.2, -0.15) is 0 Å². The van der Waals surface area contributed by atoms with Crippen molar-refractivity contribution in [3.05, 3.63) is 191 Å². The van der Waals surface area contributed by atoms with E-state index in [1.807, 2.05) is 102 Å². The minimum atomic E-state index is -2.55. The van der Waals surface area contributed by atoms with Crippen LogP contribution in [0.25, 0.3) is 83.9 Å². The monoisotopic (exact) mass is 1080 g/mol. The number of imidazole rings is 1. The van der Waals surface area contributed by atoms with Gasteiger partial charge < -0.3 is 5.11 Å². The molecule has 0 atom stereocenters. The van der Waals surface area contributed by atoms with E-state index in [4.69, 9.17) is 18.2 Å². The van der Waals surface area contributed by atoms with Gasteiger partial charge in [-0.05, 0) is 123 Å². The maximum atomic E-state index is 12.2. The summed E-state index contributed by atoms with van der Waals surface area (Å²) in [7, 11) is 0. The van der Waals surface area contributed by atoms with Crippen molar-refractivity contribution in [1.29, 1.82) is 0 Å². The van der Waals surface area contributed by atoms with Crippen molar-refractivity contribution in [1.82, 2.24) is 14.5 Å². The minimum Gasteiger partial charge on any atom is -0.507 e. The topological polar surface area (TPSA) is 50.9 Å². The van der Waals surface area contributed by atoms with E-state index in [2.05, 4.69) is 104 Å². The van der Waals surface area contributed by atoms with E-state index < -0.39 is 13.7 Å². The summed E-state index contributed by atoms with van der Waals surface area (Å²) in [6.07, 6.45) is 2.33. The fourth-order valence-corrected chi connectivity index (χ4v) is 8.87. The molecule has 0 aliphatic heterocycles. The number of aromatic hydroxyl groups is 1. The summed E-state index contributed by atoms with van der Waals surface area (Å²) >= 11 is 0. The molecule has 9 aromatic rings. The van der Waals surface area contributed by atoms with E-state index in [1.165, 1.54) is 11.1 Å². The van der Waals surface area contributed by atoms with E-state index in [0.29, 0.717) is 40.2 Å². The Morgan fingerprint density at radius 2 is 1.29 bits per heavy atom. The average molecular weight is 1080 g/mol. The maximum Gasteiger partial charge on any atom is 0.148 e. The smallest absolute Gasteiger partial charge is 0.148 e. The maximum absolute atomic E-state index is 12.2. The van der Waals surface area contributed by atoms with Gasteiger partial charge in [0.25, 0.3) is 0 Å². The van der Waals surface area contributed by atoms with Crippen molar-refractivity contribution >= 4 is 11.0 Å². The van der Waals surface area contributed by atoms with Crippen LogP contribution in [0, 0.1) is 19.8 Å². The second-order valence-corrected chi connectivity index (χ2v) is 20.1. The number of pyridine rings is 1. The summed E-state index contributed by atoms with van der Waals surface area (Å²) < 4.78 is 53.0. The first-order chi connectivity index (χ1) is 34.4. The third kappa shape index (κ3) is 9.54. The summed E-state index contributed by atoms with van der Waals surface area (Å²) in [4.78, 5) is 10.3. The van der Waals surface area contributed by atoms with Crippen molar-refractivity contribution in [3.63, 3.8) is 0 Å². The Hall–Kier alpha value is -6.35. The van der Waals surface area contributed by atoms with Crippen molar-refractivity contribution in [2.45, 2.75) is 99.2 Å². The third-order valence-electron chi connectivity index (χ3n) is 12.9. The zero-order valence-electron chi connectivity index (χ0n) is 46.3. The molecular weight excluding hydrogens is 1010 g/mol. The molecule has 0 saturated heterocycles. The quantitative estimate of drug-likeness (QED) is 0.147. The number of nitrogens with zero attached hydrogens (tertiary/aromatic N) is 3. The van der Waals surface area contributed by atoms with Crippen LogP contribution in [0.4, 0.5) is 0 Å². The molecule has 0 saturated carbocycles. The predicted octanol–water partition coefficient (Wildman–Crippen LogP) is 16.8. The normalized spacial score (nSPS) is 13.6. The average Bonchev–Trinajstić information content (AvgIpc) is 3.74. The molecule has 4 nitrogen and oxygen atoms in total. The summed E-state index contributed by atoms with van der Waals surface area (Å²) in [6.45, 7) is 14.7. The van der Waals surface area contributed by atoms with Crippen molar-refractivity contribution in [2.75, 3.05) is 0 Å². The SMILES string of the molecule is [2H]C([2H])([2H])c1ccc(-c2ccnc(-c3[c-]c(-c4cccc5c4nc(-c4cc(C(C)C)cc(CC)c4O)n5-c4ccc(-c5cc(C(C)(C)C)cc(C(C)(C)C)c5)cc4C([2H])([2H])[2H])cc(-c4ccccc4)c3)c2)cc1.[Pt]. The number of hydrogen-bond acceptors (Lipinski definition) is 3. The van der Waals surface area contributed by atoms with Crippen molar-refractivity contribution in [2.24, 2.45) is 0 Å². The Bertz CT molecular complexity index is 3490. The molecule has 1 N–H and O–H groups in total. The zero-order valence-corrected chi connectivity index (χ0v) is 42.6. The molecule has 2 heterocycles. The van der Waals surface area contributed by atoms with E-state index in [1.54, 1.807) is 18.3 Å². The van der Waals surface area contributed by atoms with Crippen LogP contribution in [0.5, 0.6) is 5.75 Å². The number of aryl methyl sites for hydroxylation is 3. The Morgan fingerprint density at radius 3 is 1.96 bits per heavy atom. The number of phenols is 1. The second-order valence-electron chi connectivity index (χ2n) is 20.1. The van der Waals surface area contributed by atoms with Crippen LogP contribution in [0.3, 0.4) is 0 Å². The molecular formula is C63H62N3OPt-. The molecule has 0 unspecified atom stereocenters. The van der Waals surface area contributed by atoms with Crippen molar-refractivity contribution < 1.29 is 34.4 Å². The molecule has 0 radical (unpaired) electrons. The molecule has 0 aliphatic carbocycles. The van der Waals surface area contributed by atoms with Gasteiger partial charge >= 0.3 is 0 Å². The fourth-order valence-electron chi connectivity index (χ4n) is 8.87. The van der Waals surface area contributed by atoms with Crippen LogP contribution in [-0.4, -0.2) is 19.6 Å². The van der Waals surface area contributed by atoms with Crippen LogP contribution in [0.15, 0.2) is 152 Å². The first-order valence-electron chi connectivity index (χ1n) is 26.3. The van der Waals surface area contributed by atoms with Gasteiger partial charge in [-0.1, -0.05) is 188 Å². The third-order valence-corrected chi connectivity index (χ3v) is 12.9. The molecule has 7 aromatic carbocycles. The zero-order chi connectivity index (χ0) is 52.4. The van der Waals surface area contributed by atoms with Crippen LogP contribution in [0.2, 0.25) is 0 Å². The summed E-state index contributed by atoms with van der Waals surface area (Å²) in [5.74, 6) is 0.648. The van der Waals surface area contributed by atoms with Crippen LogP contribution in [-0.2, 0) is 38.3 Å². The standard InChI is InChI=1S/C63H62N3O.Pt/c1-12-42-30-47(39(2)3)36-55(60(42)67)61-65-59-54(50-31-48(43-17-14-13-15-18-43)32-51(33-50)56-37-46(27-28-64-56)44-23-21-40(4)22-24-44)19-16-20-58(59)66(61)57-26-25-45(29-41(57)5)49-34-52(62(6,7)8)38-53(35-49)63(9,10)11;/h13-32,34-39,67H,12H2,1-11H3;/q-1;/i4D3,5D3;. The van der Waals surface area contributed by atoms with Gasteiger partial charge in [-0.15, -0.1) is 23.8 Å². The molecule has 0 bridgehead atoms. The second kappa shape index (κ2) is 19.0. The molecule has 0 spiro atoms. The molecule has 9 rings (SSSR count). The van der Waals surface area contributed by atoms with E-state index in [9.17, 15) is 5.11 Å². The van der Waals surface area contributed by atoms with Gasteiger partial charge in [0.05, 0.1) is 22.3 Å². The number of benzene rings is 7. The van der Waals surface area contributed by atoms with Crippen LogP contribution >= 0.6 is 0 Å². The number of phenolic OH excluding ortho intramolecular Hbond substituents is 1. The molecule has 5 heteroatoms. The van der Waals surface area contributed by atoms with Gasteiger partial charge in [0.15, 0.2) is 0 Å². The summed E-state index contributed by atoms with van der Waals surface area (Å²) in [5, 5.41) is 12.2. The molecule has 0 aliphatic rings. The Balaban J connectivity index is 0.00000729. The number of rotatable bonds is 9. The van der Waals surface area contributed by atoms with Gasteiger partial charge in [-0.25, -0.2) is 4.98 Å².